The first kappa shape index (κ1) is 17.9. The van der Waals surface area contributed by atoms with E-state index < -0.39 is 5.60 Å². The first-order chi connectivity index (χ1) is 12.9. The van der Waals surface area contributed by atoms with Crippen LogP contribution in [0, 0.1) is 5.92 Å². The summed E-state index contributed by atoms with van der Waals surface area (Å²) in [6.07, 6.45) is 8.81. The second kappa shape index (κ2) is 6.88. The number of aromatic amines is 2. The second-order valence-electron chi connectivity index (χ2n) is 7.99. The summed E-state index contributed by atoms with van der Waals surface area (Å²) in [6.45, 7) is 3.42. The molecular weight excluding hydrogens is 342 g/mol. The van der Waals surface area contributed by atoms with Crippen molar-refractivity contribution in [3.8, 4) is 11.3 Å². The Morgan fingerprint density at radius 2 is 1.81 bits per heavy atom. The van der Waals surface area contributed by atoms with Crippen molar-refractivity contribution in [3.05, 3.63) is 40.2 Å². The predicted octanol–water partition coefficient (Wildman–Crippen LogP) is 3.06. The Kier molecular flexibility index (Phi) is 4.55. The number of nitrogens with one attached hydrogen (secondary N) is 2. The molecule has 1 saturated carbocycles. The van der Waals surface area contributed by atoms with Gasteiger partial charge in [0.2, 0.25) is 0 Å². The highest BCUT2D eigenvalue weighted by molar-refractivity contribution is 5.72. The van der Waals surface area contributed by atoms with Crippen LogP contribution >= 0.6 is 0 Å². The van der Waals surface area contributed by atoms with E-state index in [1.165, 1.54) is 32.1 Å². The van der Waals surface area contributed by atoms with Crippen molar-refractivity contribution in [1.29, 1.82) is 0 Å². The van der Waals surface area contributed by atoms with E-state index in [1.54, 1.807) is 20.0 Å². The Morgan fingerprint density at radius 1 is 1.11 bits per heavy atom. The third-order valence-corrected chi connectivity index (χ3v) is 5.30. The third-order valence-electron chi connectivity index (χ3n) is 5.30. The largest absolute Gasteiger partial charge is 0.384 e. The van der Waals surface area contributed by atoms with E-state index in [-0.39, 0.29) is 5.69 Å². The molecule has 142 valence electrons. The predicted molar refractivity (Wildman–Crippen MR) is 103 cm³/mol. The van der Waals surface area contributed by atoms with Crippen LogP contribution in [0.25, 0.3) is 22.6 Å². The molecule has 0 atom stereocenters. The van der Waals surface area contributed by atoms with Gasteiger partial charge in [-0.2, -0.15) is 0 Å². The highest BCUT2D eigenvalue weighted by atomic mass is 16.3. The van der Waals surface area contributed by atoms with E-state index >= 15 is 0 Å². The smallest absolute Gasteiger partial charge is 0.326 e. The fraction of sp³-hybridized carbons (Fsp3) is 0.500. The zero-order valence-electron chi connectivity index (χ0n) is 15.7. The monoisotopic (exact) mass is 367 g/mol. The lowest BCUT2D eigenvalue weighted by Gasteiger charge is -2.22. The van der Waals surface area contributed by atoms with Gasteiger partial charge in [0.15, 0.2) is 11.3 Å². The van der Waals surface area contributed by atoms with E-state index in [0.29, 0.717) is 22.9 Å². The Balaban J connectivity index is 1.76. The molecule has 27 heavy (non-hydrogen) atoms. The molecule has 3 aromatic heterocycles. The van der Waals surface area contributed by atoms with E-state index in [2.05, 4.69) is 19.9 Å². The zero-order valence-corrected chi connectivity index (χ0v) is 15.7. The molecule has 0 unspecified atom stereocenters. The molecule has 0 aliphatic heterocycles. The number of rotatable bonds is 4. The number of imidazole rings is 1. The number of pyridine rings is 1. The second-order valence-corrected chi connectivity index (χ2v) is 7.99. The van der Waals surface area contributed by atoms with E-state index in [1.807, 2.05) is 12.1 Å². The number of hydrogen-bond acceptors (Lipinski definition) is 5. The molecule has 1 fully saturated rings. The Labute approximate surface area is 157 Å². The maximum absolute atomic E-state index is 11.7. The maximum atomic E-state index is 11.7. The van der Waals surface area contributed by atoms with Crippen molar-refractivity contribution in [2.45, 2.75) is 58.0 Å². The normalized spacial score (nSPS) is 16.1. The molecule has 0 spiro atoms. The molecule has 3 aromatic rings. The summed E-state index contributed by atoms with van der Waals surface area (Å²) >= 11 is 0. The van der Waals surface area contributed by atoms with Crippen LogP contribution in [0.3, 0.4) is 0 Å². The zero-order chi connectivity index (χ0) is 19.0. The number of aliphatic hydroxyl groups is 1. The van der Waals surface area contributed by atoms with Crippen LogP contribution < -0.4 is 5.69 Å². The summed E-state index contributed by atoms with van der Waals surface area (Å²) in [4.78, 5) is 30.8. The molecule has 3 heterocycles. The van der Waals surface area contributed by atoms with Crippen molar-refractivity contribution < 1.29 is 5.11 Å². The van der Waals surface area contributed by atoms with Crippen LogP contribution in [0.4, 0.5) is 0 Å². The molecular formula is C20H25N5O2. The van der Waals surface area contributed by atoms with Crippen molar-refractivity contribution >= 4 is 11.3 Å². The lowest BCUT2D eigenvalue weighted by atomic mass is 9.85. The van der Waals surface area contributed by atoms with Gasteiger partial charge in [0.1, 0.15) is 5.60 Å². The molecule has 0 saturated heterocycles. The van der Waals surface area contributed by atoms with Crippen molar-refractivity contribution in [3.63, 3.8) is 0 Å². The Hall–Kier alpha value is -2.54. The number of hydrogen-bond donors (Lipinski definition) is 3. The minimum Gasteiger partial charge on any atom is -0.384 e. The van der Waals surface area contributed by atoms with Gasteiger partial charge in [-0.3, -0.25) is 15.0 Å². The average molecular weight is 367 g/mol. The molecule has 7 nitrogen and oxygen atoms in total. The highest BCUT2D eigenvalue weighted by Gasteiger charge is 2.21. The van der Waals surface area contributed by atoms with Crippen LogP contribution in [0.5, 0.6) is 0 Å². The fourth-order valence-electron chi connectivity index (χ4n) is 3.82. The molecule has 1 aliphatic carbocycles. The van der Waals surface area contributed by atoms with Crippen LogP contribution in [0.1, 0.15) is 57.3 Å². The molecule has 1 aliphatic rings. The van der Waals surface area contributed by atoms with Gasteiger partial charge in [0.05, 0.1) is 17.1 Å². The van der Waals surface area contributed by atoms with Gasteiger partial charge in [0.25, 0.3) is 0 Å². The van der Waals surface area contributed by atoms with Crippen molar-refractivity contribution in [2.24, 2.45) is 5.92 Å². The van der Waals surface area contributed by atoms with Crippen LogP contribution in [-0.2, 0) is 12.0 Å². The standard InChI is InChI=1S/C20H25N5O2/c1-20(2,27)15-9-8-13(11-21-15)16-14(10-12-6-4-3-5-7-12)22-17-18(23-16)25-19(26)24-17/h8-9,11-12,27H,3-7,10H2,1-2H3,(H2,22,23,24,25,26). The van der Waals surface area contributed by atoms with Gasteiger partial charge < -0.3 is 5.11 Å². The number of aromatic nitrogens is 5. The highest BCUT2D eigenvalue weighted by Crippen LogP contribution is 2.30. The molecule has 0 bridgehead atoms. The average Bonchev–Trinajstić information content (AvgIpc) is 3.00. The molecule has 0 aromatic carbocycles. The van der Waals surface area contributed by atoms with E-state index in [4.69, 9.17) is 4.98 Å². The fourth-order valence-corrected chi connectivity index (χ4v) is 3.82. The Morgan fingerprint density at radius 3 is 2.44 bits per heavy atom. The third kappa shape index (κ3) is 3.78. The van der Waals surface area contributed by atoms with Gasteiger partial charge in [-0.15, -0.1) is 0 Å². The molecule has 0 radical (unpaired) electrons. The van der Waals surface area contributed by atoms with Gasteiger partial charge >= 0.3 is 5.69 Å². The summed E-state index contributed by atoms with van der Waals surface area (Å²) in [7, 11) is 0. The van der Waals surface area contributed by atoms with Crippen molar-refractivity contribution in [2.75, 3.05) is 0 Å². The van der Waals surface area contributed by atoms with Crippen LogP contribution in [-0.4, -0.2) is 30.0 Å². The topological polar surface area (TPSA) is 108 Å². The summed E-state index contributed by atoms with van der Waals surface area (Å²) < 4.78 is 0. The maximum Gasteiger partial charge on any atom is 0.326 e. The number of nitrogens with zero attached hydrogens (tertiary/aromatic N) is 3. The summed E-state index contributed by atoms with van der Waals surface area (Å²) in [6, 6.07) is 3.72. The van der Waals surface area contributed by atoms with Gasteiger partial charge in [-0.25, -0.2) is 14.8 Å². The van der Waals surface area contributed by atoms with Gasteiger partial charge in [-0.1, -0.05) is 32.1 Å². The van der Waals surface area contributed by atoms with E-state index in [0.717, 1.165) is 23.4 Å². The molecule has 7 heteroatoms. The van der Waals surface area contributed by atoms with Gasteiger partial charge in [-0.05, 0) is 38.3 Å². The quantitative estimate of drug-likeness (QED) is 0.657. The lowest BCUT2D eigenvalue weighted by Crippen LogP contribution is -2.17. The SMILES string of the molecule is CC(C)(O)c1ccc(-c2nc3[nH]c(=O)[nH]c3nc2CC2CCCCC2)cn1. The molecule has 4 rings (SSSR count). The van der Waals surface area contributed by atoms with Crippen LogP contribution in [0.2, 0.25) is 0 Å². The number of fused-ring (bicyclic) bond motifs is 1. The van der Waals surface area contributed by atoms with Gasteiger partial charge in [0, 0.05) is 11.8 Å². The number of H-pyrrole nitrogens is 2. The molecule has 3 N–H and O–H groups in total. The lowest BCUT2D eigenvalue weighted by molar-refractivity contribution is 0.0739. The minimum atomic E-state index is -0.995. The van der Waals surface area contributed by atoms with Crippen LogP contribution in [0.15, 0.2) is 23.1 Å². The minimum absolute atomic E-state index is 0.304. The first-order valence-corrected chi connectivity index (χ1v) is 9.58. The first-order valence-electron chi connectivity index (χ1n) is 9.58. The summed E-state index contributed by atoms with van der Waals surface area (Å²) in [5.74, 6) is 0.596. The van der Waals surface area contributed by atoms with E-state index in [9.17, 15) is 9.90 Å². The van der Waals surface area contributed by atoms with Crippen molar-refractivity contribution in [1.82, 2.24) is 24.9 Å². The molecule has 0 amide bonds. The Bertz CT molecular complexity index is 992. The summed E-state index contributed by atoms with van der Waals surface area (Å²) in [5, 5.41) is 10.1. The summed E-state index contributed by atoms with van der Waals surface area (Å²) in [5.41, 5.74) is 2.73.